The van der Waals surface area contributed by atoms with E-state index < -0.39 is 44.2 Å². The third-order valence-electron chi connectivity index (χ3n) is 6.43. The molecule has 38 heavy (non-hydrogen) atoms. The van der Waals surface area contributed by atoms with E-state index in [0.717, 1.165) is 22.0 Å². The van der Waals surface area contributed by atoms with E-state index in [1.807, 2.05) is 0 Å². The Kier molecular flexibility index (Phi) is 7.69. The lowest BCUT2D eigenvalue weighted by molar-refractivity contribution is -0.153. The number of carbonyl (C=O) groups is 1. The number of aryl methyl sites for hydroxylation is 1. The lowest BCUT2D eigenvalue weighted by Gasteiger charge is -2.38. The van der Waals surface area contributed by atoms with Crippen molar-refractivity contribution in [2.24, 2.45) is 5.41 Å². The summed E-state index contributed by atoms with van der Waals surface area (Å²) in [5, 5.41) is 9.40. The van der Waals surface area contributed by atoms with E-state index in [1.165, 1.54) is 44.4 Å². The minimum absolute atomic E-state index is 0.0207. The van der Waals surface area contributed by atoms with Crippen molar-refractivity contribution in [2.45, 2.75) is 31.3 Å². The normalized spacial score (nSPS) is 16.9. The largest absolute Gasteiger partial charge is 0.486 e. The van der Waals surface area contributed by atoms with Crippen LogP contribution >= 0.6 is 11.6 Å². The van der Waals surface area contributed by atoms with Crippen LogP contribution in [0.5, 0.6) is 5.75 Å². The van der Waals surface area contributed by atoms with E-state index in [4.69, 9.17) is 21.1 Å². The van der Waals surface area contributed by atoms with Crippen LogP contribution in [-0.2, 0) is 19.6 Å². The van der Waals surface area contributed by atoms with Gasteiger partial charge in [-0.2, -0.15) is 0 Å². The Bertz CT molecular complexity index is 1500. The average Bonchev–Trinajstić information content (AvgIpc) is 2.85. The topological polar surface area (TPSA) is 93.1 Å². The van der Waals surface area contributed by atoms with Gasteiger partial charge in [0.05, 0.1) is 34.2 Å². The molecule has 0 spiro atoms. The molecule has 4 rings (SSSR count). The van der Waals surface area contributed by atoms with Gasteiger partial charge in [-0.15, -0.1) is 0 Å². The summed E-state index contributed by atoms with van der Waals surface area (Å²) >= 11 is 5.84. The van der Waals surface area contributed by atoms with Crippen molar-refractivity contribution in [1.82, 2.24) is 0 Å². The second kappa shape index (κ2) is 10.5. The third kappa shape index (κ3) is 5.34. The maximum Gasteiger partial charge on any atom is 0.311 e. The highest BCUT2D eigenvalue weighted by atomic mass is 35.5. The van der Waals surface area contributed by atoms with Crippen LogP contribution < -0.4 is 9.04 Å². The van der Waals surface area contributed by atoms with Crippen molar-refractivity contribution in [3.8, 4) is 16.9 Å². The van der Waals surface area contributed by atoms with Crippen LogP contribution in [0.4, 0.5) is 14.5 Å². The fourth-order valence-electron chi connectivity index (χ4n) is 4.51. The fourth-order valence-corrected chi connectivity index (χ4v) is 6.32. The van der Waals surface area contributed by atoms with Crippen molar-refractivity contribution < 1.29 is 36.6 Å². The van der Waals surface area contributed by atoms with Crippen LogP contribution in [-0.4, -0.2) is 45.9 Å². The number of rotatable bonds is 8. The van der Waals surface area contributed by atoms with Gasteiger partial charge >= 0.3 is 5.97 Å². The molecule has 0 unspecified atom stereocenters. The number of nitrogens with zero attached hydrogens (tertiary/aromatic N) is 1. The molecule has 3 aromatic rings. The monoisotopic (exact) mass is 565 g/mol. The van der Waals surface area contributed by atoms with Gasteiger partial charge < -0.3 is 14.6 Å². The predicted molar refractivity (Wildman–Crippen MR) is 139 cm³/mol. The molecular weight excluding hydrogens is 540 g/mol. The Morgan fingerprint density at radius 1 is 1.21 bits per heavy atom. The summed E-state index contributed by atoms with van der Waals surface area (Å²) in [5.74, 6) is -2.58. The van der Waals surface area contributed by atoms with Gasteiger partial charge in [-0.25, -0.2) is 17.2 Å². The van der Waals surface area contributed by atoms with E-state index in [9.17, 15) is 27.1 Å². The molecule has 0 saturated heterocycles. The molecule has 1 aliphatic rings. The number of fused-ring (bicyclic) bond motifs is 1. The number of carboxylic acid groups (broad SMARTS) is 1. The standard InChI is InChI=1S/C27H26ClF2NO6S/c1-16-5-4-6-20(9-16)38(34,35)31-14-19(13-27(2,15-36-3)26(32)33)37-24-8-7-17(10-23(24)31)21-11-18(29)12-22(28)25(21)30/h4-12,19H,13-15H2,1-3H3,(H,32,33)/t19-,27-/m0/s1. The molecular formula is C27H26ClF2NO6S. The second-order valence-electron chi connectivity index (χ2n) is 9.53. The molecule has 3 aromatic carbocycles. The van der Waals surface area contributed by atoms with Gasteiger partial charge in [-0.3, -0.25) is 9.10 Å². The number of sulfonamides is 1. The molecule has 0 bridgehead atoms. The van der Waals surface area contributed by atoms with Gasteiger partial charge in [0.25, 0.3) is 10.0 Å². The highest BCUT2D eigenvalue weighted by Gasteiger charge is 2.42. The van der Waals surface area contributed by atoms with Crippen molar-refractivity contribution in [3.63, 3.8) is 0 Å². The lowest BCUT2D eigenvalue weighted by atomic mass is 9.85. The van der Waals surface area contributed by atoms with Crippen molar-refractivity contribution in [1.29, 1.82) is 0 Å². The first-order valence-electron chi connectivity index (χ1n) is 11.6. The van der Waals surface area contributed by atoms with E-state index in [-0.39, 0.29) is 47.0 Å². The van der Waals surface area contributed by atoms with E-state index in [1.54, 1.807) is 19.1 Å². The van der Waals surface area contributed by atoms with Crippen molar-refractivity contribution in [2.75, 3.05) is 24.6 Å². The smallest absolute Gasteiger partial charge is 0.311 e. The van der Waals surface area contributed by atoms with Gasteiger partial charge in [-0.05, 0) is 61.4 Å². The van der Waals surface area contributed by atoms with Gasteiger partial charge in [0.2, 0.25) is 0 Å². The zero-order valence-electron chi connectivity index (χ0n) is 20.9. The average molecular weight is 566 g/mol. The van der Waals surface area contributed by atoms with Crippen molar-refractivity contribution in [3.05, 3.63) is 76.8 Å². The van der Waals surface area contributed by atoms with Crippen LogP contribution in [0, 0.1) is 24.0 Å². The quantitative estimate of drug-likeness (QED) is 0.353. The number of halogens is 3. The van der Waals surface area contributed by atoms with E-state index in [0.29, 0.717) is 0 Å². The first-order chi connectivity index (χ1) is 17.9. The Labute approximate surface area is 224 Å². The van der Waals surface area contributed by atoms with E-state index in [2.05, 4.69) is 0 Å². The lowest BCUT2D eigenvalue weighted by Crippen LogP contribution is -2.47. The molecule has 1 N–H and O–H groups in total. The molecule has 0 aliphatic carbocycles. The number of anilines is 1. The molecule has 11 heteroatoms. The highest BCUT2D eigenvalue weighted by molar-refractivity contribution is 7.92. The van der Waals surface area contributed by atoms with Crippen LogP contribution in [0.2, 0.25) is 5.02 Å². The third-order valence-corrected chi connectivity index (χ3v) is 8.48. The molecule has 0 fully saturated rings. The number of methoxy groups -OCH3 is 1. The summed E-state index contributed by atoms with van der Waals surface area (Å²) in [6.07, 6.45) is -0.893. The number of hydrogen-bond donors (Lipinski definition) is 1. The Morgan fingerprint density at radius 3 is 2.61 bits per heavy atom. The van der Waals surface area contributed by atoms with Crippen LogP contribution in [0.25, 0.3) is 11.1 Å². The zero-order valence-corrected chi connectivity index (χ0v) is 22.4. The summed E-state index contributed by atoms with van der Waals surface area (Å²) in [6, 6.07) is 12.4. The SMILES string of the molecule is COC[C@](C)(C[C@H]1CN(S(=O)(=O)c2cccc(C)c2)c2cc(-c3cc(F)cc(Cl)c3F)ccc2O1)C(=O)O. The number of ether oxygens (including phenoxy) is 2. The number of hydrogen-bond acceptors (Lipinski definition) is 5. The minimum Gasteiger partial charge on any atom is -0.486 e. The van der Waals surface area contributed by atoms with Crippen LogP contribution in [0.15, 0.2) is 59.5 Å². The summed E-state index contributed by atoms with van der Waals surface area (Å²) in [7, 11) is -2.78. The van der Waals surface area contributed by atoms with Gasteiger partial charge in [0.15, 0.2) is 0 Å². The zero-order chi connectivity index (χ0) is 27.8. The first kappa shape index (κ1) is 27.8. The minimum atomic E-state index is -4.16. The molecule has 0 radical (unpaired) electrons. The summed E-state index contributed by atoms with van der Waals surface area (Å²) in [6.45, 7) is 2.92. The molecule has 0 saturated carbocycles. The van der Waals surface area contributed by atoms with E-state index >= 15 is 0 Å². The predicted octanol–water partition coefficient (Wildman–Crippen LogP) is 5.68. The first-order valence-corrected chi connectivity index (χ1v) is 13.4. The van der Waals surface area contributed by atoms with Crippen molar-refractivity contribution >= 4 is 33.3 Å². The maximum atomic E-state index is 14.8. The second-order valence-corrected chi connectivity index (χ2v) is 11.8. The number of carboxylic acids is 1. The van der Waals surface area contributed by atoms with Crippen LogP contribution in [0.1, 0.15) is 18.9 Å². The molecule has 2 atom stereocenters. The van der Waals surface area contributed by atoms with Crippen LogP contribution in [0.3, 0.4) is 0 Å². The maximum absolute atomic E-state index is 14.8. The van der Waals surface area contributed by atoms with Gasteiger partial charge in [0, 0.05) is 19.1 Å². The number of benzene rings is 3. The highest BCUT2D eigenvalue weighted by Crippen LogP contribution is 2.42. The molecule has 202 valence electrons. The summed E-state index contributed by atoms with van der Waals surface area (Å²) in [4.78, 5) is 12.0. The Hall–Kier alpha value is -3.21. The molecule has 0 aromatic heterocycles. The fraction of sp³-hybridized carbons (Fsp3) is 0.296. The number of aliphatic carboxylic acids is 1. The molecule has 1 aliphatic heterocycles. The molecule has 1 heterocycles. The summed E-state index contributed by atoms with van der Waals surface area (Å²) in [5.41, 5.74) is -0.490. The summed E-state index contributed by atoms with van der Waals surface area (Å²) < 4.78 is 68.9. The van der Waals surface area contributed by atoms with Gasteiger partial charge in [0.1, 0.15) is 23.5 Å². The van der Waals surface area contributed by atoms with Gasteiger partial charge in [-0.1, -0.05) is 29.8 Å². The molecule has 7 nitrogen and oxygen atoms in total. The Morgan fingerprint density at radius 2 is 1.95 bits per heavy atom. The Balaban J connectivity index is 1.85. The molecule has 0 amide bonds.